The fourth-order valence-corrected chi connectivity index (χ4v) is 2.51. The van der Waals surface area contributed by atoms with Crippen LogP contribution in [0.25, 0.3) is 0 Å². The number of rotatable bonds is 4. The van der Waals surface area contributed by atoms with E-state index in [-0.39, 0.29) is 17.6 Å². The summed E-state index contributed by atoms with van der Waals surface area (Å²) in [5.41, 5.74) is 1.05. The van der Waals surface area contributed by atoms with Gasteiger partial charge in [-0.15, -0.1) is 0 Å². The Morgan fingerprint density at radius 2 is 2.30 bits per heavy atom. The van der Waals surface area contributed by atoms with Crippen molar-refractivity contribution in [3.05, 3.63) is 39.4 Å². The van der Waals surface area contributed by atoms with Crippen molar-refractivity contribution >= 4 is 11.6 Å². The predicted octanol–water partition coefficient (Wildman–Crippen LogP) is 1.59. The molecule has 6 heteroatoms. The third kappa shape index (κ3) is 2.80. The smallest absolute Gasteiger partial charge is 0.273 e. The van der Waals surface area contributed by atoms with Gasteiger partial charge >= 0.3 is 0 Å². The number of nitro benzene ring substituents is 1. The van der Waals surface area contributed by atoms with E-state index in [4.69, 9.17) is 0 Å². The maximum absolute atomic E-state index is 12.4. The molecule has 1 aromatic carbocycles. The summed E-state index contributed by atoms with van der Waals surface area (Å²) < 4.78 is 0. The lowest BCUT2D eigenvalue weighted by molar-refractivity contribution is -0.385. The predicted molar refractivity (Wildman–Crippen MR) is 75.8 cm³/mol. The molecule has 0 radical (unpaired) electrons. The zero-order valence-corrected chi connectivity index (χ0v) is 11.8. The first kappa shape index (κ1) is 14.5. The van der Waals surface area contributed by atoms with Crippen LogP contribution >= 0.6 is 0 Å². The lowest BCUT2D eigenvalue weighted by Gasteiger charge is -2.23. The van der Waals surface area contributed by atoms with Gasteiger partial charge in [0.1, 0.15) is 0 Å². The molecule has 0 aliphatic carbocycles. The van der Waals surface area contributed by atoms with E-state index in [0.29, 0.717) is 17.5 Å². The molecule has 2 rings (SSSR count). The minimum atomic E-state index is -0.424. The van der Waals surface area contributed by atoms with Gasteiger partial charge in [-0.05, 0) is 25.5 Å². The first-order valence-electron chi connectivity index (χ1n) is 6.79. The highest BCUT2D eigenvalue weighted by molar-refractivity contribution is 5.95. The van der Waals surface area contributed by atoms with Crippen LogP contribution in [0.3, 0.4) is 0 Å². The van der Waals surface area contributed by atoms with Crippen LogP contribution in [0, 0.1) is 10.1 Å². The summed E-state index contributed by atoms with van der Waals surface area (Å²) >= 11 is 0. The average Bonchev–Trinajstić information content (AvgIpc) is 2.99. The molecule has 1 aliphatic heterocycles. The van der Waals surface area contributed by atoms with Gasteiger partial charge in [-0.1, -0.05) is 13.0 Å². The molecule has 108 valence electrons. The first-order valence-corrected chi connectivity index (χ1v) is 6.79. The number of nitrogens with one attached hydrogen (secondary N) is 1. The second-order valence-corrected chi connectivity index (χ2v) is 5.02. The van der Waals surface area contributed by atoms with Crippen molar-refractivity contribution in [2.24, 2.45) is 0 Å². The van der Waals surface area contributed by atoms with Gasteiger partial charge in [-0.25, -0.2) is 0 Å². The Kier molecular flexibility index (Phi) is 4.34. The highest BCUT2D eigenvalue weighted by Gasteiger charge is 2.25. The SMILES string of the molecule is CCc1ccc(C(=O)N(C)C2CCNC2)cc1[N+](=O)[O-]. The summed E-state index contributed by atoms with van der Waals surface area (Å²) in [4.78, 5) is 24.7. The molecule has 1 saturated heterocycles. The normalized spacial score (nSPS) is 18.0. The van der Waals surface area contributed by atoms with Crippen LogP contribution in [0.1, 0.15) is 29.3 Å². The Morgan fingerprint density at radius 1 is 1.55 bits per heavy atom. The Hall–Kier alpha value is -1.95. The second kappa shape index (κ2) is 6.00. The molecule has 0 spiro atoms. The third-order valence-electron chi connectivity index (χ3n) is 3.81. The molecule has 20 heavy (non-hydrogen) atoms. The number of carbonyl (C=O) groups is 1. The van der Waals surface area contributed by atoms with Crippen LogP contribution in [0.4, 0.5) is 5.69 Å². The van der Waals surface area contributed by atoms with E-state index < -0.39 is 4.92 Å². The molecule has 1 aromatic rings. The summed E-state index contributed by atoms with van der Waals surface area (Å²) in [7, 11) is 1.75. The van der Waals surface area contributed by atoms with Crippen LogP contribution < -0.4 is 5.32 Å². The van der Waals surface area contributed by atoms with E-state index in [9.17, 15) is 14.9 Å². The van der Waals surface area contributed by atoms with E-state index in [1.54, 1.807) is 24.1 Å². The minimum absolute atomic E-state index is 0.0243. The van der Waals surface area contributed by atoms with Gasteiger partial charge < -0.3 is 10.2 Å². The molecule has 1 N–H and O–H groups in total. The summed E-state index contributed by atoms with van der Waals surface area (Å²) in [6.45, 7) is 3.54. The Balaban J connectivity index is 2.25. The van der Waals surface area contributed by atoms with Crippen LogP contribution in [0.15, 0.2) is 18.2 Å². The molecule has 6 nitrogen and oxygen atoms in total. The van der Waals surface area contributed by atoms with E-state index in [1.165, 1.54) is 6.07 Å². The number of hydrogen-bond acceptors (Lipinski definition) is 4. The molecule has 1 heterocycles. The quantitative estimate of drug-likeness (QED) is 0.670. The summed E-state index contributed by atoms with van der Waals surface area (Å²) in [6, 6.07) is 4.89. The monoisotopic (exact) mass is 277 g/mol. The second-order valence-electron chi connectivity index (χ2n) is 5.02. The molecular weight excluding hydrogens is 258 g/mol. The summed E-state index contributed by atoms with van der Waals surface area (Å²) in [5.74, 6) is -0.163. The molecule has 1 amide bonds. The minimum Gasteiger partial charge on any atom is -0.337 e. The third-order valence-corrected chi connectivity index (χ3v) is 3.81. The fourth-order valence-electron chi connectivity index (χ4n) is 2.51. The molecule has 0 aromatic heterocycles. The zero-order valence-electron chi connectivity index (χ0n) is 11.8. The lowest BCUT2D eigenvalue weighted by atomic mass is 10.1. The molecule has 0 bridgehead atoms. The summed E-state index contributed by atoms with van der Waals surface area (Å²) in [6.07, 6.45) is 1.49. The van der Waals surface area contributed by atoms with Gasteiger partial charge in [-0.3, -0.25) is 14.9 Å². The molecule has 1 fully saturated rings. The number of benzene rings is 1. The maximum Gasteiger partial charge on any atom is 0.273 e. The number of nitro groups is 1. The van der Waals surface area contributed by atoms with Crippen molar-refractivity contribution < 1.29 is 9.72 Å². The van der Waals surface area contributed by atoms with Crippen molar-refractivity contribution in [3.63, 3.8) is 0 Å². The Labute approximate surface area is 117 Å². The first-order chi connectivity index (χ1) is 9.54. The van der Waals surface area contributed by atoms with Gasteiger partial charge in [0.05, 0.1) is 4.92 Å². The average molecular weight is 277 g/mol. The maximum atomic E-state index is 12.4. The van der Waals surface area contributed by atoms with Crippen LogP contribution in [0.2, 0.25) is 0 Å². The van der Waals surface area contributed by atoms with Gasteiger partial charge in [-0.2, -0.15) is 0 Å². The largest absolute Gasteiger partial charge is 0.337 e. The van der Waals surface area contributed by atoms with Gasteiger partial charge in [0.25, 0.3) is 11.6 Å². The van der Waals surface area contributed by atoms with Crippen molar-refractivity contribution in [2.45, 2.75) is 25.8 Å². The standard InChI is InChI=1S/C14H19N3O3/c1-3-10-4-5-11(8-13(10)17(19)20)14(18)16(2)12-6-7-15-9-12/h4-5,8,12,15H,3,6-7,9H2,1-2H3. The van der Waals surface area contributed by atoms with Crippen LogP contribution in [-0.4, -0.2) is 41.9 Å². The van der Waals surface area contributed by atoms with Gasteiger partial charge in [0, 0.05) is 36.8 Å². The van der Waals surface area contributed by atoms with Crippen LogP contribution in [0.5, 0.6) is 0 Å². The number of amides is 1. The zero-order chi connectivity index (χ0) is 14.7. The molecule has 1 unspecified atom stereocenters. The van der Waals surface area contributed by atoms with Crippen molar-refractivity contribution in [2.75, 3.05) is 20.1 Å². The van der Waals surface area contributed by atoms with Gasteiger partial charge in [0.2, 0.25) is 0 Å². The molecule has 1 aliphatic rings. The molecule has 0 saturated carbocycles. The number of nitrogens with zero attached hydrogens (tertiary/aromatic N) is 2. The lowest BCUT2D eigenvalue weighted by Crippen LogP contribution is -2.38. The van der Waals surface area contributed by atoms with E-state index in [1.807, 2.05) is 6.92 Å². The van der Waals surface area contributed by atoms with Crippen molar-refractivity contribution in [1.82, 2.24) is 10.2 Å². The highest BCUT2D eigenvalue weighted by atomic mass is 16.6. The molecular formula is C14H19N3O3. The highest BCUT2D eigenvalue weighted by Crippen LogP contribution is 2.22. The Morgan fingerprint density at radius 3 is 2.85 bits per heavy atom. The van der Waals surface area contributed by atoms with Crippen LogP contribution in [-0.2, 0) is 6.42 Å². The summed E-state index contributed by atoms with van der Waals surface area (Å²) in [5, 5.41) is 14.3. The van der Waals surface area contributed by atoms with E-state index in [2.05, 4.69) is 5.32 Å². The molecule has 1 atom stereocenters. The van der Waals surface area contributed by atoms with Crippen molar-refractivity contribution in [1.29, 1.82) is 0 Å². The van der Waals surface area contributed by atoms with E-state index >= 15 is 0 Å². The number of hydrogen-bond donors (Lipinski definition) is 1. The Bertz CT molecular complexity index is 524. The van der Waals surface area contributed by atoms with Crippen molar-refractivity contribution in [3.8, 4) is 0 Å². The topological polar surface area (TPSA) is 75.5 Å². The van der Waals surface area contributed by atoms with E-state index in [0.717, 1.165) is 19.5 Å². The number of likely N-dealkylation sites (N-methyl/N-ethyl adjacent to an activating group) is 1. The number of carbonyl (C=O) groups excluding carboxylic acids is 1. The fraction of sp³-hybridized carbons (Fsp3) is 0.500. The number of aryl methyl sites for hydroxylation is 1. The van der Waals surface area contributed by atoms with Gasteiger partial charge in [0.15, 0.2) is 0 Å².